The van der Waals surface area contributed by atoms with Gasteiger partial charge in [0.2, 0.25) is 0 Å². The van der Waals surface area contributed by atoms with E-state index >= 15 is 0 Å². The van der Waals surface area contributed by atoms with E-state index in [4.69, 9.17) is 14.2 Å². The second-order valence-electron chi connectivity index (χ2n) is 11.3. The molecule has 9 heteroatoms. The summed E-state index contributed by atoms with van der Waals surface area (Å²) in [6.07, 6.45) is 3.06. The standard InChI is InChI=1S/C34H41N5O4/c1-4-25(3)39-34(40)38(24-35-39)30-12-10-28(11-13-30)36-18-20-37(21-19-36)29-14-16-31(17-15-29)41-22-32-23-42-33(43-32)27-8-6-26(5-2)7-9-27/h6-17,24-25,32-33H,4-5,18-23H2,1-3H3/t25?,32-,33-/m1/s1. The van der Waals surface area contributed by atoms with E-state index in [1.807, 2.05) is 31.2 Å². The number of piperazine rings is 1. The number of aromatic nitrogens is 3. The highest BCUT2D eigenvalue weighted by atomic mass is 16.7. The largest absolute Gasteiger partial charge is 0.491 e. The maximum atomic E-state index is 12.8. The topological polar surface area (TPSA) is 74.0 Å². The van der Waals surface area contributed by atoms with Gasteiger partial charge in [-0.15, -0.1) is 0 Å². The molecule has 0 radical (unpaired) electrons. The van der Waals surface area contributed by atoms with Gasteiger partial charge < -0.3 is 24.0 Å². The van der Waals surface area contributed by atoms with Crippen LogP contribution in [0.5, 0.6) is 5.75 Å². The highest BCUT2D eigenvalue weighted by Gasteiger charge is 2.28. The van der Waals surface area contributed by atoms with E-state index in [1.54, 1.807) is 15.6 Å². The van der Waals surface area contributed by atoms with Crippen molar-refractivity contribution in [1.29, 1.82) is 0 Å². The third-order valence-electron chi connectivity index (χ3n) is 8.52. The van der Waals surface area contributed by atoms with E-state index in [1.165, 1.54) is 11.3 Å². The maximum absolute atomic E-state index is 12.8. The summed E-state index contributed by atoms with van der Waals surface area (Å²) in [6.45, 7) is 10.9. The molecule has 0 spiro atoms. The van der Waals surface area contributed by atoms with Crippen LogP contribution in [0.3, 0.4) is 0 Å². The predicted molar refractivity (Wildman–Crippen MR) is 169 cm³/mol. The van der Waals surface area contributed by atoms with Crippen LogP contribution in [0.4, 0.5) is 11.4 Å². The van der Waals surface area contributed by atoms with Crippen molar-refractivity contribution in [2.45, 2.75) is 52.0 Å². The summed E-state index contributed by atoms with van der Waals surface area (Å²) in [4.78, 5) is 17.5. The molecule has 3 heterocycles. The minimum atomic E-state index is -0.331. The van der Waals surface area contributed by atoms with Crippen LogP contribution in [0.25, 0.3) is 5.69 Å². The molecule has 6 rings (SSSR count). The molecule has 9 nitrogen and oxygen atoms in total. The van der Waals surface area contributed by atoms with Crippen molar-refractivity contribution in [3.63, 3.8) is 0 Å². The first-order valence-corrected chi connectivity index (χ1v) is 15.4. The highest BCUT2D eigenvalue weighted by molar-refractivity contribution is 5.54. The first kappa shape index (κ1) is 29.0. The summed E-state index contributed by atoms with van der Waals surface area (Å²) in [5.74, 6) is 0.829. The molecule has 226 valence electrons. The molecule has 0 N–H and O–H groups in total. The van der Waals surface area contributed by atoms with Gasteiger partial charge in [0.1, 0.15) is 24.8 Å². The summed E-state index contributed by atoms with van der Waals surface area (Å²) in [5.41, 5.74) is 5.43. The zero-order valence-corrected chi connectivity index (χ0v) is 25.3. The van der Waals surface area contributed by atoms with Crippen molar-refractivity contribution < 1.29 is 14.2 Å². The Morgan fingerprint density at radius 3 is 2.07 bits per heavy atom. The summed E-state index contributed by atoms with van der Waals surface area (Å²) in [7, 11) is 0. The SMILES string of the molecule is CCc1ccc([C@@H]2OC[C@@H](COc3ccc(N4CCN(c5ccc(-n6cnn(C(C)CC)c6=O)cc5)CC4)cc3)O2)cc1. The fourth-order valence-corrected chi connectivity index (χ4v) is 5.58. The van der Waals surface area contributed by atoms with Crippen molar-refractivity contribution in [2.24, 2.45) is 0 Å². The molecular formula is C34H41N5O4. The molecular weight excluding hydrogens is 542 g/mol. The number of aryl methyl sites for hydroxylation is 1. The van der Waals surface area contributed by atoms with E-state index in [0.29, 0.717) is 13.2 Å². The van der Waals surface area contributed by atoms with E-state index in [-0.39, 0.29) is 24.1 Å². The molecule has 3 aromatic carbocycles. The zero-order valence-electron chi connectivity index (χ0n) is 25.3. The van der Waals surface area contributed by atoms with Gasteiger partial charge in [0.05, 0.1) is 18.3 Å². The lowest BCUT2D eigenvalue weighted by atomic mass is 10.1. The molecule has 3 atom stereocenters. The number of anilines is 2. The Morgan fingerprint density at radius 1 is 0.860 bits per heavy atom. The molecule has 2 aliphatic heterocycles. The summed E-state index contributed by atoms with van der Waals surface area (Å²) in [6, 6.07) is 25.0. The van der Waals surface area contributed by atoms with Gasteiger partial charge in [0.15, 0.2) is 6.29 Å². The first-order chi connectivity index (χ1) is 21.0. The lowest BCUT2D eigenvalue weighted by Gasteiger charge is -2.37. The Kier molecular flexibility index (Phi) is 8.81. The molecule has 0 bridgehead atoms. The molecule has 4 aromatic rings. The summed E-state index contributed by atoms with van der Waals surface area (Å²) >= 11 is 0. The van der Waals surface area contributed by atoms with Gasteiger partial charge in [-0.25, -0.2) is 14.0 Å². The summed E-state index contributed by atoms with van der Waals surface area (Å²) in [5, 5.41) is 4.30. The van der Waals surface area contributed by atoms with Gasteiger partial charge in [-0.05, 0) is 73.9 Å². The third kappa shape index (κ3) is 6.48. The lowest BCUT2D eigenvalue weighted by Crippen LogP contribution is -2.46. The number of nitrogens with zero attached hydrogens (tertiary/aromatic N) is 5. The van der Waals surface area contributed by atoms with Crippen LogP contribution in [0.2, 0.25) is 0 Å². The van der Waals surface area contributed by atoms with Crippen LogP contribution >= 0.6 is 0 Å². The van der Waals surface area contributed by atoms with Crippen molar-refractivity contribution in [3.05, 3.63) is 101 Å². The van der Waals surface area contributed by atoms with Crippen molar-refractivity contribution >= 4 is 11.4 Å². The van der Waals surface area contributed by atoms with E-state index in [2.05, 4.69) is 77.3 Å². The molecule has 2 fully saturated rings. The van der Waals surface area contributed by atoms with Gasteiger partial charge in [-0.2, -0.15) is 5.10 Å². The minimum Gasteiger partial charge on any atom is -0.491 e. The van der Waals surface area contributed by atoms with Crippen molar-refractivity contribution in [2.75, 3.05) is 49.2 Å². The molecule has 0 aliphatic carbocycles. The van der Waals surface area contributed by atoms with Gasteiger partial charge >= 0.3 is 5.69 Å². The number of ether oxygens (including phenoxy) is 3. The Bertz CT molecular complexity index is 1520. The lowest BCUT2D eigenvalue weighted by molar-refractivity contribution is -0.0659. The monoisotopic (exact) mass is 583 g/mol. The molecule has 2 saturated heterocycles. The molecule has 1 aromatic heterocycles. The van der Waals surface area contributed by atoms with Gasteiger partial charge in [-0.1, -0.05) is 38.1 Å². The first-order valence-electron chi connectivity index (χ1n) is 15.4. The van der Waals surface area contributed by atoms with Crippen LogP contribution in [-0.2, 0) is 15.9 Å². The maximum Gasteiger partial charge on any atom is 0.350 e. The van der Waals surface area contributed by atoms with Crippen molar-refractivity contribution in [3.8, 4) is 11.4 Å². The molecule has 0 amide bonds. The normalized spacial score (nSPS) is 19.5. The van der Waals surface area contributed by atoms with E-state index < -0.39 is 0 Å². The van der Waals surface area contributed by atoms with Crippen LogP contribution in [-0.4, -0.2) is 59.8 Å². The average Bonchev–Trinajstić information content (AvgIpc) is 3.71. The van der Waals surface area contributed by atoms with E-state index in [9.17, 15) is 4.79 Å². The second-order valence-corrected chi connectivity index (χ2v) is 11.3. The zero-order chi connectivity index (χ0) is 29.8. The quantitative estimate of drug-likeness (QED) is 0.248. The fraction of sp³-hybridized carbons (Fsp3) is 0.412. The molecule has 43 heavy (non-hydrogen) atoms. The molecule has 2 aliphatic rings. The highest BCUT2D eigenvalue weighted by Crippen LogP contribution is 2.28. The Labute approximate surface area is 253 Å². The van der Waals surface area contributed by atoms with Crippen molar-refractivity contribution in [1.82, 2.24) is 14.3 Å². The number of benzene rings is 3. The predicted octanol–water partition coefficient (Wildman–Crippen LogP) is 5.39. The second kappa shape index (κ2) is 13.1. The Balaban J connectivity index is 0.972. The number of rotatable bonds is 10. The minimum absolute atomic E-state index is 0.0808. The Morgan fingerprint density at radius 2 is 1.47 bits per heavy atom. The van der Waals surface area contributed by atoms with E-state index in [0.717, 1.165) is 61.7 Å². The smallest absolute Gasteiger partial charge is 0.350 e. The van der Waals surface area contributed by atoms with Crippen LogP contribution in [0.15, 0.2) is 83.9 Å². The van der Waals surface area contributed by atoms with Gasteiger partial charge in [0.25, 0.3) is 0 Å². The molecule has 0 saturated carbocycles. The Hall–Kier alpha value is -4.08. The summed E-state index contributed by atoms with van der Waals surface area (Å²) < 4.78 is 21.1. The third-order valence-corrected chi connectivity index (χ3v) is 8.52. The number of hydrogen-bond donors (Lipinski definition) is 0. The number of hydrogen-bond acceptors (Lipinski definition) is 7. The van der Waals surface area contributed by atoms with Crippen LogP contribution in [0, 0.1) is 0 Å². The van der Waals surface area contributed by atoms with Crippen LogP contribution in [0.1, 0.15) is 50.7 Å². The van der Waals surface area contributed by atoms with Gasteiger partial charge in [-0.3, -0.25) is 0 Å². The molecule has 1 unspecified atom stereocenters. The van der Waals surface area contributed by atoms with Gasteiger partial charge in [0, 0.05) is 43.1 Å². The average molecular weight is 584 g/mol. The van der Waals surface area contributed by atoms with Crippen LogP contribution < -0.4 is 20.2 Å². The fourth-order valence-electron chi connectivity index (χ4n) is 5.58.